The number of amides is 1. The van der Waals surface area contributed by atoms with Gasteiger partial charge in [0.15, 0.2) is 11.0 Å². The number of benzene rings is 2. The average Bonchev–Trinajstić information content (AvgIpc) is 3.17. The van der Waals surface area contributed by atoms with Crippen LogP contribution in [0.2, 0.25) is 10.0 Å². The van der Waals surface area contributed by atoms with E-state index in [0.29, 0.717) is 21.4 Å². The van der Waals surface area contributed by atoms with Gasteiger partial charge in [-0.1, -0.05) is 35.0 Å². The third kappa shape index (κ3) is 5.43. The first-order valence-corrected chi connectivity index (χ1v) is 11.4. The van der Waals surface area contributed by atoms with Gasteiger partial charge in [-0.15, -0.1) is 10.2 Å². The van der Waals surface area contributed by atoms with Crippen LogP contribution in [0, 0.1) is 11.3 Å². The van der Waals surface area contributed by atoms with Crippen molar-refractivity contribution >= 4 is 46.6 Å². The molecule has 1 N–H and O–H groups in total. The van der Waals surface area contributed by atoms with Crippen LogP contribution < -0.4 is 5.32 Å². The lowest BCUT2D eigenvalue weighted by Gasteiger charge is -2.21. The van der Waals surface area contributed by atoms with Crippen LogP contribution in [0.5, 0.6) is 0 Å². The van der Waals surface area contributed by atoms with E-state index in [4.69, 9.17) is 28.5 Å². The van der Waals surface area contributed by atoms with Gasteiger partial charge < -0.3 is 5.32 Å². The number of nitrogens with one attached hydrogen (secondary N) is 1. The molecule has 7 nitrogen and oxygen atoms in total. The first-order valence-electron chi connectivity index (χ1n) is 9.76. The van der Waals surface area contributed by atoms with Crippen molar-refractivity contribution in [1.82, 2.24) is 19.7 Å². The number of carbonyl (C=O) groups is 1. The van der Waals surface area contributed by atoms with E-state index in [1.165, 1.54) is 11.8 Å². The molecule has 1 amide bonds. The van der Waals surface area contributed by atoms with Crippen molar-refractivity contribution in [1.29, 1.82) is 5.26 Å². The first kappa shape index (κ1) is 24.1. The third-order valence-electron chi connectivity index (χ3n) is 4.90. The van der Waals surface area contributed by atoms with Crippen LogP contribution in [0.15, 0.2) is 47.6 Å². The van der Waals surface area contributed by atoms with Crippen molar-refractivity contribution in [2.45, 2.75) is 30.3 Å². The van der Waals surface area contributed by atoms with Crippen molar-refractivity contribution in [2.24, 2.45) is 0 Å². The molecule has 32 heavy (non-hydrogen) atoms. The topological polar surface area (TPSA) is 86.8 Å². The van der Waals surface area contributed by atoms with E-state index in [0.717, 1.165) is 11.5 Å². The number of rotatable bonds is 7. The van der Waals surface area contributed by atoms with Gasteiger partial charge in [0, 0.05) is 16.4 Å². The number of aromatic nitrogens is 3. The van der Waals surface area contributed by atoms with Gasteiger partial charge in [-0.3, -0.25) is 14.3 Å². The molecule has 0 saturated carbocycles. The molecule has 166 valence electrons. The Kier molecular flexibility index (Phi) is 7.80. The minimum atomic E-state index is -0.470. The molecule has 2 aromatic carbocycles. The summed E-state index contributed by atoms with van der Waals surface area (Å²) in [5, 5.41) is 21.6. The van der Waals surface area contributed by atoms with Crippen molar-refractivity contribution in [3.05, 3.63) is 63.9 Å². The summed E-state index contributed by atoms with van der Waals surface area (Å²) in [6, 6.07) is 14.2. The third-order valence-corrected chi connectivity index (χ3v) is 6.51. The van der Waals surface area contributed by atoms with E-state index in [-0.39, 0.29) is 17.0 Å². The summed E-state index contributed by atoms with van der Waals surface area (Å²) in [7, 11) is 3.94. The molecule has 0 aliphatic rings. The van der Waals surface area contributed by atoms with Crippen LogP contribution in [0.4, 0.5) is 5.69 Å². The van der Waals surface area contributed by atoms with Crippen LogP contribution in [0.25, 0.3) is 5.69 Å². The highest BCUT2D eigenvalue weighted by Crippen LogP contribution is 2.30. The Hall–Kier alpha value is -2.57. The summed E-state index contributed by atoms with van der Waals surface area (Å²) in [6.45, 7) is 3.83. The van der Waals surface area contributed by atoms with Crippen molar-refractivity contribution in [3.8, 4) is 11.8 Å². The van der Waals surface area contributed by atoms with Crippen LogP contribution in [0.3, 0.4) is 0 Å². The zero-order chi connectivity index (χ0) is 23.4. The van der Waals surface area contributed by atoms with E-state index in [9.17, 15) is 4.79 Å². The quantitative estimate of drug-likeness (QED) is 0.460. The molecule has 0 saturated heterocycles. The fourth-order valence-corrected chi connectivity index (χ4v) is 4.05. The fraction of sp³-hybridized carbons (Fsp3) is 0.273. The molecule has 0 fully saturated rings. The summed E-state index contributed by atoms with van der Waals surface area (Å²) in [4.78, 5) is 14.8. The highest BCUT2D eigenvalue weighted by Gasteiger charge is 2.24. The largest absolute Gasteiger partial charge is 0.325 e. The van der Waals surface area contributed by atoms with Gasteiger partial charge in [0.1, 0.15) is 6.07 Å². The van der Waals surface area contributed by atoms with Crippen molar-refractivity contribution in [2.75, 3.05) is 19.4 Å². The summed E-state index contributed by atoms with van der Waals surface area (Å²) in [5.41, 5.74) is 1.73. The predicted molar refractivity (Wildman–Crippen MR) is 129 cm³/mol. The molecule has 0 aliphatic heterocycles. The van der Waals surface area contributed by atoms with E-state index >= 15 is 0 Å². The molecule has 0 aliphatic carbocycles. The Balaban J connectivity index is 1.86. The molecule has 0 radical (unpaired) electrons. The Morgan fingerprint density at radius 2 is 1.84 bits per heavy atom. The van der Waals surface area contributed by atoms with Gasteiger partial charge in [-0.2, -0.15) is 5.26 Å². The number of anilines is 1. The number of carbonyl (C=O) groups excluding carboxylic acids is 1. The van der Waals surface area contributed by atoms with E-state index < -0.39 is 5.25 Å². The molecule has 3 aromatic rings. The molecular formula is C22H22Cl2N6OS. The van der Waals surface area contributed by atoms with E-state index in [1.54, 1.807) is 37.3 Å². The smallest absolute Gasteiger partial charge is 0.237 e. The lowest BCUT2D eigenvalue weighted by atomic mass is 10.2. The first-order chi connectivity index (χ1) is 15.2. The number of thioether (sulfide) groups is 1. The molecule has 10 heteroatoms. The monoisotopic (exact) mass is 488 g/mol. The number of hydrogen-bond donors (Lipinski definition) is 1. The van der Waals surface area contributed by atoms with Gasteiger partial charge in [0.2, 0.25) is 5.91 Å². The molecule has 2 unspecified atom stereocenters. The molecule has 2 atom stereocenters. The highest BCUT2D eigenvalue weighted by atomic mass is 35.5. The SMILES string of the molecule is CC(Sc1nnc(C(C)N(C)C)n1-c1ccc(Cl)cc1)C(=O)Nc1ccc(C#N)c(Cl)c1. The van der Waals surface area contributed by atoms with Gasteiger partial charge in [0.05, 0.1) is 21.9 Å². The zero-order valence-corrected chi connectivity index (χ0v) is 20.3. The number of nitrogens with zero attached hydrogens (tertiary/aromatic N) is 5. The summed E-state index contributed by atoms with van der Waals surface area (Å²) < 4.78 is 1.94. The highest BCUT2D eigenvalue weighted by molar-refractivity contribution is 8.00. The van der Waals surface area contributed by atoms with Crippen LogP contribution in [-0.2, 0) is 4.79 Å². The second-order valence-corrected chi connectivity index (χ2v) is 9.50. The van der Waals surface area contributed by atoms with Gasteiger partial charge in [0.25, 0.3) is 0 Å². The zero-order valence-electron chi connectivity index (χ0n) is 18.0. The molecule has 0 bridgehead atoms. The molecule has 1 heterocycles. The maximum atomic E-state index is 12.8. The minimum Gasteiger partial charge on any atom is -0.325 e. The fourth-order valence-electron chi connectivity index (χ4n) is 2.83. The second-order valence-electron chi connectivity index (χ2n) is 7.35. The van der Waals surface area contributed by atoms with E-state index in [1.807, 2.05) is 48.7 Å². The van der Waals surface area contributed by atoms with Crippen molar-refractivity contribution in [3.63, 3.8) is 0 Å². The van der Waals surface area contributed by atoms with Crippen LogP contribution in [0.1, 0.15) is 31.3 Å². The maximum Gasteiger partial charge on any atom is 0.237 e. The molecule has 1 aromatic heterocycles. The van der Waals surface area contributed by atoms with Crippen molar-refractivity contribution < 1.29 is 4.79 Å². The maximum absolute atomic E-state index is 12.8. The summed E-state index contributed by atoms with van der Waals surface area (Å²) in [6.07, 6.45) is 0. The molecular weight excluding hydrogens is 467 g/mol. The van der Waals surface area contributed by atoms with Crippen LogP contribution >= 0.6 is 35.0 Å². The Morgan fingerprint density at radius 1 is 1.16 bits per heavy atom. The Bertz CT molecular complexity index is 1160. The van der Waals surface area contributed by atoms with E-state index in [2.05, 4.69) is 15.5 Å². The average molecular weight is 489 g/mol. The normalized spacial score (nSPS) is 12.9. The van der Waals surface area contributed by atoms with Gasteiger partial charge in [-0.25, -0.2) is 0 Å². The number of halogens is 2. The molecule has 3 rings (SSSR count). The lowest BCUT2D eigenvalue weighted by molar-refractivity contribution is -0.115. The number of hydrogen-bond acceptors (Lipinski definition) is 6. The van der Waals surface area contributed by atoms with Crippen LogP contribution in [-0.4, -0.2) is 44.9 Å². The standard InChI is InChI=1S/C22H22Cl2N6OS/c1-13(29(3)4)20-27-28-22(30(20)18-9-6-16(23)7-10-18)32-14(2)21(31)26-17-8-5-15(12-25)19(24)11-17/h5-11,13-14H,1-4H3,(H,26,31). The molecule has 0 spiro atoms. The summed E-state index contributed by atoms with van der Waals surface area (Å²) in [5.74, 6) is 0.537. The Labute approximate surface area is 201 Å². The predicted octanol–water partition coefficient (Wildman–Crippen LogP) is 5.19. The van der Waals surface area contributed by atoms with Gasteiger partial charge in [-0.05, 0) is 70.4 Å². The second kappa shape index (κ2) is 10.4. The van der Waals surface area contributed by atoms with Gasteiger partial charge >= 0.3 is 0 Å². The summed E-state index contributed by atoms with van der Waals surface area (Å²) >= 11 is 13.4. The number of nitriles is 1. The Morgan fingerprint density at radius 3 is 2.44 bits per heavy atom. The lowest BCUT2D eigenvalue weighted by Crippen LogP contribution is -2.23. The minimum absolute atomic E-state index is 0.00236.